The molecule has 1 rings (SSSR count). The van der Waals surface area contributed by atoms with E-state index in [1.165, 1.54) is 12.1 Å². The third kappa shape index (κ3) is 4.62. The Balaban J connectivity index is 2.48. The molecule has 0 heterocycles. The maximum atomic E-state index is 12.9. The fourth-order valence-corrected chi connectivity index (χ4v) is 2.23. The average molecular weight is 288 g/mol. The fourth-order valence-electron chi connectivity index (χ4n) is 1.74. The Hall–Kier alpha value is -0.410. The number of hydrogen-bond donors (Lipinski definition) is 1. The Labute approximate surface area is 106 Å². The minimum Gasteiger partial charge on any atom is -0.310 e. The molecule has 1 unspecified atom stereocenters. The van der Waals surface area contributed by atoms with Crippen molar-refractivity contribution in [1.82, 2.24) is 5.32 Å². The van der Waals surface area contributed by atoms with Gasteiger partial charge in [0, 0.05) is 17.1 Å². The van der Waals surface area contributed by atoms with Crippen LogP contribution in [0.2, 0.25) is 0 Å². The molecule has 0 aromatic heterocycles. The van der Waals surface area contributed by atoms with Gasteiger partial charge in [-0.25, -0.2) is 4.39 Å². The highest BCUT2D eigenvalue weighted by molar-refractivity contribution is 9.10. The van der Waals surface area contributed by atoms with Gasteiger partial charge in [-0.2, -0.15) is 0 Å². The van der Waals surface area contributed by atoms with Crippen LogP contribution in [0, 0.1) is 11.7 Å². The quantitative estimate of drug-likeness (QED) is 0.859. The zero-order chi connectivity index (χ0) is 12.1. The Morgan fingerprint density at radius 3 is 2.56 bits per heavy atom. The summed E-state index contributed by atoms with van der Waals surface area (Å²) in [6, 6.07) is 5.30. The van der Waals surface area contributed by atoms with Crippen molar-refractivity contribution in [3.63, 3.8) is 0 Å². The Morgan fingerprint density at radius 2 is 2.00 bits per heavy atom. The van der Waals surface area contributed by atoms with E-state index in [1.54, 1.807) is 0 Å². The normalized spacial score (nSPS) is 13.1. The van der Waals surface area contributed by atoms with Crippen LogP contribution in [-0.2, 0) is 6.54 Å². The monoisotopic (exact) mass is 287 g/mol. The van der Waals surface area contributed by atoms with Crippen molar-refractivity contribution < 1.29 is 4.39 Å². The van der Waals surface area contributed by atoms with E-state index in [4.69, 9.17) is 0 Å². The molecule has 16 heavy (non-hydrogen) atoms. The van der Waals surface area contributed by atoms with Crippen molar-refractivity contribution in [2.24, 2.45) is 5.92 Å². The molecule has 0 radical (unpaired) electrons. The van der Waals surface area contributed by atoms with Gasteiger partial charge in [-0.1, -0.05) is 35.8 Å². The van der Waals surface area contributed by atoms with Gasteiger partial charge in [-0.05, 0) is 37.0 Å². The molecule has 0 fully saturated rings. The topological polar surface area (TPSA) is 12.0 Å². The second-order valence-corrected chi connectivity index (χ2v) is 5.50. The first-order chi connectivity index (χ1) is 7.49. The lowest BCUT2D eigenvalue weighted by molar-refractivity contribution is 0.441. The van der Waals surface area contributed by atoms with Crippen molar-refractivity contribution >= 4 is 15.9 Å². The molecular formula is C13H19BrFN. The lowest BCUT2D eigenvalue weighted by Crippen LogP contribution is -2.27. The first kappa shape index (κ1) is 13.7. The molecular weight excluding hydrogens is 269 g/mol. The molecule has 1 nitrogen and oxygen atoms in total. The van der Waals surface area contributed by atoms with Crippen molar-refractivity contribution in [1.29, 1.82) is 0 Å². The third-order valence-electron chi connectivity index (χ3n) is 2.48. The van der Waals surface area contributed by atoms with Crippen molar-refractivity contribution in [2.75, 3.05) is 0 Å². The molecule has 0 amide bonds. The summed E-state index contributed by atoms with van der Waals surface area (Å²) in [7, 11) is 0. The van der Waals surface area contributed by atoms with Crippen LogP contribution in [-0.4, -0.2) is 6.04 Å². The summed E-state index contributed by atoms with van der Waals surface area (Å²) < 4.78 is 13.7. The minimum atomic E-state index is -0.203. The van der Waals surface area contributed by atoms with Crippen LogP contribution in [0.5, 0.6) is 0 Å². The van der Waals surface area contributed by atoms with Crippen LogP contribution in [0.15, 0.2) is 22.7 Å². The maximum Gasteiger partial charge on any atom is 0.124 e. The molecule has 0 aliphatic heterocycles. The van der Waals surface area contributed by atoms with Crippen molar-refractivity contribution in [2.45, 2.75) is 39.8 Å². The number of hydrogen-bond acceptors (Lipinski definition) is 1. The predicted molar refractivity (Wildman–Crippen MR) is 69.9 cm³/mol. The SMILES string of the molecule is CC(C)CC(C)NCc1ccc(F)cc1Br. The first-order valence-electron chi connectivity index (χ1n) is 5.66. The van der Waals surface area contributed by atoms with E-state index in [1.807, 2.05) is 6.07 Å². The van der Waals surface area contributed by atoms with E-state index >= 15 is 0 Å². The summed E-state index contributed by atoms with van der Waals surface area (Å²) >= 11 is 3.37. The molecule has 1 N–H and O–H groups in total. The zero-order valence-electron chi connectivity index (χ0n) is 10.1. The van der Waals surface area contributed by atoms with E-state index in [0.717, 1.165) is 23.0 Å². The van der Waals surface area contributed by atoms with Crippen LogP contribution in [0.3, 0.4) is 0 Å². The van der Waals surface area contributed by atoms with Crippen LogP contribution in [0.25, 0.3) is 0 Å². The van der Waals surface area contributed by atoms with Crippen LogP contribution < -0.4 is 5.32 Å². The molecule has 0 saturated heterocycles. The second kappa shape index (κ2) is 6.36. The lowest BCUT2D eigenvalue weighted by Gasteiger charge is -2.16. The highest BCUT2D eigenvalue weighted by atomic mass is 79.9. The standard InChI is InChI=1S/C13H19BrFN/c1-9(2)6-10(3)16-8-11-4-5-12(15)7-13(11)14/h4-5,7,9-10,16H,6,8H2,1-3H3. The van der Waals surface area contributed by atoms with Gasteiger partial charge >= 0.3 is 0 Å². The van der Waals surface area contributed by atoms with Gasteiger partial charge in [-0.3, -0.25) is 0 Å². The molecule has 0 spiro atoms. The van der Waals surface area contributed by atoms with Gasteiger partial charge in [0.15, 0.2) is 0 Å². The van der Waals surface area contributed by atoms with Crippen LogP contribution >= 0.6 is 15.9 Å². The van der Waals surface area contributed by atoms with Gasteiger partial charge in [0.1, 0.15) is 5.82 Å². The van der Waals surface area contributed by atoms with Gasteiger partial charge in [-0.15, -0.1) is 0 Å². The Kier molecular flexibility index (Phi) is 5.42. The number of halogens is 2. The van der Waals surface area contributed by atoms with Crippen LogP contribution in [0.4, 0.5) is 4.39 Å². The van der Waals surface area contributed by atoms with Gasteiger partial charge in [0.25, 0.3) is 0 Å². The highest BCUT2D eigenvalue weighted by Gasteiger charge is 2.06. The van der Waals surface area contributed by atoms with Gasteiger partial charge < -0.3 is 5.32 Å². The predicted octanol–water partition coefficient (Wildman–Crippen LogP) is 4.11. The molecule has 0 saturated carbocycles. The number of benzene rings is 1. The summed E-state index contributed by atoms with van der Waals surface area (Å²) in [5.41, 5.74) is 1.09. The molecule has 0 bridgehead atoms. The molecule has 3 heteroatoms. The van der Waals surface area contributed by atoms with Crippen molar-refractivity contribution in [3.05, 3.63) is 34.1 Å². The lowest BCUT2D eigenvalue weighted by atomic mass is 10.1. The van der Waals surface area contributed by atoms with Gasteiger partial charge in [0.2, 0.25) is 0 Å². The maximum absolute atomic E-state index is 12.9. The smallest absolute Gasteiger partial charge is 0.124 e. The summed E-state index contributed by atoms with van der Waals surface area (Å²) in [6.07, 6.45) is 1.15. The Morgan fingerprint density at radius 1 is 1.31 bits per heavy atom. The summed E-state index contributed by atoms with van der Waals surface area (Å²) in [6.45, 7) is 7.38. The zero-order valence-corrected chi connectivity index (χ0v) is 11.6. The third-order valence-corrected chi connectivity index (χ3v) is 3.22. The summed E-state index contributed by atoms with van der Waals surface area (Å²) in [5, 5.41) is 3.44. The molecule has 1 atom stereocenters. The minimum absolute atomic E-state index is 0.203. The highest BCUT2D eigenvalue weighted by Crippen LogP contribution is 2.18. The molecule has 0 aliphatic carbocycles. The fraction of sp³-hybridized carbons (Fsp3) is 0.538. The first-order valence-corrected chi connectivity index (χ1v) is 6.45. The summed E-state index contributed by atoms with van der Waals surface area (Å²) in [4.78, 5) is 0. The van der Waals surface area contributed by atoms with Gasteiger partial charge in [0.05, 0.1) is 0 Å². The van der Waals surface area contributed by atoms with E-state index < -0.39 is 0 Å². The average Bonchev–Trinajstić information content (AvgIpc) is 2.15. The van der Waals surface area contributed by atoms with Crippen LogP contribution in [0.1, 0.15) is 32.8 Å². The molecule has 0 aliphatic rings. The summed E-state index contributed by atoms with van der Waals surface area (Å²) in [5.74, 6) is 0.491. The Bertz CT molecular complexity index is 339. The van der Waals surface area contributed by atoms with E-state index in [2.05, 4.69) is 42.0 Å². The molecule has 1 aromatic carbocycles. The second-order valence-electron chi connectivity index (χ2n) is 4.65. The van der Waals surface area contributed by atoms with E-state index in [9.17, 15) is 4.39 Å². The molecule has 90 valence electrons. The van der Waals surface area contributed by atoms with E-state index in [-0.39, 0.29) is 5.82 Å². The molecule has 1 aromatic rings. The van der Waals surface area contributed by atoms with E-state index in [0.29, 0.717) is 12.0 Å². The largest absolute Gasteiger partial charge is 0.310 e. The van der Waals surface area contributed by atoms with Crippen molar-refractivity contribution in [3.8, 4) is 0 Å². The number of nitrogens with one attached hydrogen (secondary N) is 1. The number of rotatable bonds is 5.